The van der Waals surface area contributed by atoms with Crippen molar-refractivity contribution in [2.45, 2.75) is 147 Å². The van der Waals surface area contributed by atoms with Crippen LogP contribution in [0, 0.1) is 46.3 Å². The van der Waals surface area contributed by atoms with Gasteiger partial charge in [0, 0.05) is 11.8 Å². The SMILES string of the molecule is CC(C)[C@H](CC[C@@H](C)[C@H]1C[C@H](O)C2C3C[C@@H](O)[C@@]4(O)C[C@@H](O)CC[C@]4(C)C3CC[C@@]21C)OC1OCC(O)C(O)C1O. The Labute approximate surface area is 245 Å². The monoisotopic (exact) mass is 584 g/mol. The fourth-order valence-electron chi connectivity index (χ4n) is 10.5. The number of hydrogen-bond acceptors (Lipinski definition) is 9. The number of aliphatic hydroxyl groups is 7. The molecule has 0 aromatic rings. The summed E-state index contributed by atoms with van der Waals surface area (Å²) in [5, 5.41) is 75.2. The summed E-state index contributed by atoms with van der Waals surface area (Å²) < 4.78 is 11.7. The average Bonchev–Trinajstić information content (AvgIpc) is 3.18. The fourth-order valence-corrected chi connectivity index (χ4v) is 10.5. The minimum Gasteiger partial charge on any atom is -0.393 e. The number of rotatable bonds is 7. The van der Waals surface area contributed by atoms with Gasteiger partial charge >= 0.3 is 0 Å². The van der Waals surface area contributed by atoms with Crippen molar-refractivity contribution in [3.8, 4) is 0 Å². The van der Waals surface area contributed by atoms with Crippen molar-refractivity contribution in [1.29, 1.82) is 0 Å². The van der Waals surface area contributed by atoms with Crippen molar-refractivity contribution >= 4 is 0 Å². The maximum atomic E-state index is 11.7. The molecule has 5 rings (SSSR count). The first-order valence-corrected chi connectivity index (χ1v) is 16.2. The van der Waals surface area contributed by atoms with E-state index in [0.717, 1.165) is 32.1 Å². The first-order chi connectivity index (χ1) is 19.1. The molecular weight excluding hydrogens is 528 g/mol. The van der Waals surface area contributed by atoms with Gasteiger partial charge in [0.05, 0.1) is 36.6 Å². The molecule has 0 spiro atoms. The highest BCUT2D eigenvalue weighted by Crippen LogP contribution is 2.69. The molecule has 0 radical (unpaired) electrons. The second kappa shape index (κ2) is 11.5. The topological polar surface area (TPSA) is 160 Å². The second-order valence-electron chi connectivity index (χ2n) is 15.5. The van der Waals surface area contributed by atoms with Crippen molar-refractivity contribution in [3.63, 3.8) is 0 Å². The Kier molecular flexibility index (Phi) is 9.01. The quantitative estimate of drug-likeness (QED) is 0.237. The number of hydrogen-bond donors (Lipinski definition) is 7. The first kappa shape index (κ1) is 32.0. The normalized spacial score (nSPS) is 53.3. The zero-order chi connectivity index (χ0) is 30.1. The molecule has 7 unspecified atom stereocenters. The molecule has 1 heterocycles. The first-order valence-electron chi connectivity index (χ1n) is 16.2. The molecule has 41 heavy (non-hydrogen) atoms. The minimum atomic E-state index is -1.31. The maximum Gasteiger partial charge on any atom is 0.186 e. The highest BCUT2D eigenvalue weighted by atomic mass is 16.7. The molecule has 7 N–H and O–H groups in total. The van der Waals surface area contributed by atoms with Gasteiger partial charge < -0.3 is 45.2 Å². The molecule has 9 heteroatoms. The lowest BCUT2D eigenvalue weighted by Gasteiger charge is -2.65. The van der Waals surface area contributed by atoms with Crippen LogP contribution in [-0.4, -0.2) is 97.0 Å². The summed E-state index contributed by atoms with van der Waals surface area (Å²) in [7, 11) is 0. The Balaban J connectivity index is 1.27. The largest absolute Gasteiger partial charge is 0.393 e. The third kappa shape index (κ3) is 5.23. The highest BCUT2D eigenvalue weighted by Gasteiger charge is 2.68. The number of ether oxygens (including phenoxy) is 2. The molecule has 0 bridgehead atoms. The van der Waals surface area contributed by atoms with Crippen LogP contribution < -0.4 is 0 Å². The second-order valence-corrected chi connectivity index (χ2v) is 15.5. The molecule has 9 nitrogen and oxygen atoms in total. The summed E-state index contributed by atoms with van der Waals surface area (Å²) >= 11 is 0. The van der Waals surface area contributed by atoms with Crippen LogP contribution in [0.15, 0.2) is 0 Å². The van der Waals surface area contributed by atoms with Crippen LogP contribution in [0.1, 0.15) is 92.4 Å². The minimum absolute atomic E-state index is 0.0624. The lowest BCUT2D eigenvalue weighted by atomic mass is 9.42. The molecule has 5 aliphatic rings. The zero-order valence-corrected chi connectivity index (χ0v) is 25.6. The Bertz CT molecular complexity index is 918. The molecule has 4 saturated carbocycles. The summed E-state index contributed by atoms with van der Waals surface area (Å²) in [5.41, 5.74) is -1.83. The van der Waals surface area contributed by atoms with E-state index in [9.17, 15) is 35.7 Å². The fraction of sp³-hybridized carbons (Fsp3) is 1.00. The molecule has 0 aromatic carbocycles. The Hall–Kier alpha value is -0.360. The van der Waals surface area contributed by atoms with Gasteiger partial charge in [0.25, 0.3) is 0 Å². The number of fused-ring (bicyclic) bond motifs is 5. The van der Waals surface area contributed by atoms with E-state index in [1.165, 1.54) is 0 Å². The molecule has 1 aliphatic heterocycles. The molecule has 1 saturated heterocycles. The van der Waals surface area contributed by atoms with E-state index >= 15 is 0 Å². The highest BCUT2D eigenvalue weighted by molar-refractivity contribution is 5.18. The molecular formula is C32H56O9. The molecule has 0 aromatic heterocycles. The lowest BCUT2D eigenvalue weighted by Crippen LogP contribution is -2.69. The smallest absolute Gasteiger partial charge is 0.186 e. The summed E-state index contributed by atoms with van der Waals surface area (Å²) in [6.45, 7) is 10.8. The van der Waals surface area contributed by atoms with Gasteiger partial charge in [0.15, 0.2) is 6.29 Å². The van der Waals surface area contributed by atoms with Gasteiger partial charge in [-0.25, -0.2) is 0 Å². The van der Waals surface area contributed by atoms with E-state index in [1.54, 1.807) is 0 Å². The lowest BCUT2D eigenvalue weighted by molar-refractivity contribution is -0.287. The van der Waals surface area contributed by atoms with E-state index in [1.807, 2.05) is 0 Å². The summed E-state index contributed by atoms with van der Waals surface area (Å²) in [6.07, 6.45) is -0.575. The van der Waals surface area contributed by atoms with Gasteiger partial charge in [0.1, 0.15) is 18.3 Å². The standard InChI is InChI=1S/C32H56O9/c1-16(2)24(41-29-28(38)27(37)23(35)15-40-29)7-6-17(3)21-13-22(34)26-19-12-25(36)32(39)14-18(33)8-11-31(32,5)20(19)9-10-30(21,26)4/h16-29,33-39H,6-15H2,1-5H3/t17-,18+,19?,20?,21-,22+,23?,24+,25-,26?,27?,28?,29?,30-,31-,32+/m1/s1. The van der Waals surface area contributed by atoms with E-state index < -0.39 is 53.9 Å². The van der Waals surface area contributed by atoms with Gasteiger partial charge in [-0.3, -0.25) is 0 Å². The van der Waals surface area contributed by atoms with Crippen molar-refractivity contribution in [3.05, 3.63) is 0 Å². The van der Waals surface area contributed by atoms with Crippen molar-refractivity contribution < 1.29 is 45.2 Å². The van der Waals surface area contributed by atoms with Crippen molar-refractivity contribution in [2.75, 3.05) is 6.61 Å². The molecule has 5 fully saturated rings. The Morgan fingerprint density at radius 3 is 2.27 bits per heavy atom. The van der Waals surface area contributed by atoms with Crippen LogP contribution in [0.4, 0.5) is 0 Å². The third-order valence-corrected chi connectivity index (χ3v) is 13.0. The van der Waals surface area contributed by atoms with Gasteiger partial charge in [-0.05, 0) is 92.3 Å². The van der Waals surface area contributed by atoms with E-state index in [4.69, 9.17) is 9.47 Å². The summed E-state index contributed by atoms with van der Waals surface area (Å²) in [5.74, 6) is 1.19. The van der Waals surface area contributed by atoms with E-state index in [0.29, 0.717) is 31.1 Å². The molecule has 238 valence electrons. The number of aliphatic hydroxyl groups excluding tert-OH is 6. The van der Waals surface area contributed by atoms with E-state index in [2.05, 4.69) is 34.6 Å². The van der Waals surface area contributed by atoms with Crippen LogP contribution in [0.3, 0.4) is 0 Å². The predicted octanol–water partition coefficient (Wildman–Crippen LogP) is 1.96. The van der Waals surface area contributed by atoms with Crippen molar-refractivity contribution in [1.82, 2.24) is 0 Å². The van der Waals surface area contributed by atoms with Crippen molar-refractivity contribution in [2.24, 2.45) is 46.3 Å². The molecule has 16 atom stereocenters. The van der Waals surface area contributed by atoms with Crippen LogP contribution in [0.25, 0.3) is 0 Å². The Morgan fingerprint density at radius 1 is 0.878 bits per heavy atom. The zero-order valence-electron chi connectivity index (χ0n) is 25.6. The summed E-state index contributed by atoms with van der Waals surface area (Å²) in [4.78, 5) is 0. The van der Waals surface area contributed by atoms with Gasteiger partial charge in [-0.2, -0.15) is 0 Å². The van der Waals surface area contributed by atoms with E-state index in [-0.39, 0.29) is 48.2 Å². The van der Waals surface area contributed by atoms with Gasteiger partial charge in [-0.1, -0.05) is 34.6 Å². The van der Waals surface area contributed by atoms with Crippen LogP contribution in [0.5, 0.6) is 0 Å². The maximum absolute atomic E-state index is 11.7. The summed E-state index contributed by atoms with van der Waals surface area (Å²) in [6, 6.07) is 0. The van der Waals surface area contributed by atoms with Crippen LogP contribution in [-0.2, 0) is 9.47 Å². The van der Waals surface area contributed by atoms with Crippen LogP contribution >= 0.6 is 0 Å². The van der Waals surface area contributed by atoms with Crippen LogP contribution in [0.2, 0.25) is 0 Å². The third-order valence-electron chi connectivity index (χ3n) is 13.0. The average molecular weight is 585 g/mol. The molecule has 4 aliphatic carbocycles. The van der Waals surface area contributed by atoms with Gasteiger partial charge in [-0.15, -0.1) is 0 Å². The Morgan fingerprint density at radius 2 is 1.59 bits per heavy atom. The predicted molar refractivity (Wildman–Crippen MR) is 151 cm³/mol. The van der Waals surface area contributed by atoms with Gasteiger partial charge in [0.2, 0.25) is 0 Å². The molecule has 0 amide bonds.